The average Bonchev–Trinajstić information content (AvgIpc) is 2.96. The molecule has 1 aromatic carbocycles. The quantitative estimate of drug-likeness (QED) is 0.715. The summed E-state index contributed by atoms with van der Waals surface area (Å²) in [7, 11) is 0. The smallest absolute Gasteiger partial charge is 0.327 e. The van der Waals surface area contributed by atoms with Crippen LogP contribution in [0.3, 0.4) is 0 Å². The molecule has 0 bridgehead atoms. The molecule has 5 nitrogen and oxygen atoms in total. The van der Waals surface area contributed by atoms with E-state index in [4.69, 9.17) is 10.5 Å². The van der Waals surface area contributed by atoms with Crippen LogP contribution >= 0.6 is 0 Å². The molecule has 0 radical (unpaired) electrons. The van der Waals surface area contributed by atoms with Gasteiger partial charge in [0.25, 0.3) is 5.92 Å². The lowest BCUT2D eigenvalue weighted by Gasteiger charge is -2.45. The van der Waals surface area contributed by atoms with E-state index in [9.17, 15) is 18.8 Å². The van der Waals surface area contributed by atoms with Crippen molar-refractivity contribution in [3.63, 3.8) is 0 Å². The van der Waals surface area contributed by atoms with E-state index in [0.29, 0.717) is 11.3 Å². The maximum absolute atomic E-state index is 14.7. The van der Waals surface area contributed by atoms with E-state index in [1.54, 1.807) is 31.3 Å². The molecule has 4 rings (SSSR count). The highest BCUT2D eigenvalue weighted by molar-refractivity contribution is 5.84. The fraction of sp³-hybridized carbons (Fsp3) is 0.400. The first-order valence-corrected chi connectivity index (χ1v) is 10.6. The third-order valence-electron chi connectivity index (χ3n) is 6.93. The molecule has 1 saturated carbocycles. The second kappa shape index (κ2) is 7.79. The van der Waals surface area contributed by atoms with Gasteiger partial charge < -0.3 is 10.5 Å². The Labute approximate surface area is 185 Å². The Morgan fingerprint density at radius 2 is 2.03 bits per heavy atom. The molecule has 2 aromatic rings. The van der Waals surface area contributed by atoms with E-state index in [2.05, 4.69) is 11.1 Å². The number of hydrogen-bond acceptors (Lipinski definition) is 5. The summed E-state index contributed by atoms with van der Waals surface area (Å²) < 4.78 is 34.7. The third-order valence-corrected chi connectivity index (χ3v) is 6.93. The summed E-state index contributed by atoms with van der Waals surface area (Å²) in [5, 5.41) is 9.46. The highest BCUT2D eigenvalue weighted by Crippen LogP contribution is 2.53. The number of aromatic nitrogens is 1. The molecule has 166 valence electrons. The van der Waals surface area contributed by atoms with Crippen LogP contribution in [0.25, 0.3) is 17.2 Å². The van der Waals surface area contributed by atoms with Crippen LogP contribution < -0.4 is 5.73 Å². The van der Waals surface area contributed by atoms with E-state index in [1.165, 1.54) is 6.92 Å². The molecule has 0 unspecified atom stereocenters. The van der Waals surface area contributed by atoms with Crippen LogP contribution in [0.2, 0.25) is 0 Å². The van der Waals surface area contributed by atoms with Gasteiger partial charge in [0.2, 0.25) is 0 Å². The predicted molar refractivity (Wildman–Crippen MR) is 116 cm³/mol. The molecule has 7 heteroatoms. The largest absolute Gasteiger partial charge is 0.461 e. The maximum Gasteiger partial charge on any atom is 0.327 e. The number of benzene rings is 1. The molecule has 1 aromatic heterocycles. The minimum Gasteiger partial charge on any atom is -0.461 e. The zero-order valence-corrected chi connectivity index (χ0v) is 18.2. The number of allylic oxidation sites excluding steroid dienone is 1. The summed E-state index contributed by atoms with van der Waals surface area (Å²) in [6.07, 6.45) is 3.78. The van der Waals surface area contributed by atoms with Gasteiger partial charge in [-0.05, 0) is 37.5 Å². The average molecular weight is 437 g/mol. The van der Waals surface area contributed by atoms with Gasteiger partial charge in [0, 0.05) is 35.6 Å². The second-order valence-corrected chi connectivity index (χ2v) is 8.92. The number of ether oxygens (including phenoxy) is 1. The molecular formula is C25H25F2N3O2. The molecule has 5 atom stereocenters. The number of hydrogen-bond donors (Lipinski definition) is 1. The number of aryl methyl sites for hydroxylation is 1. The number of carbonyl (C=O) groups excluding carboxylic acids is 1. The number of nitriles is 1. The van der Waals surface area contributed by atoms with Gasteiger partial charge in [-0.25, -0.2) is 8.78 Å². The van der Waals surface area contributed by atoms with Crippen LogP contribution in [0, 0.1) is 36.0 Å². The van der Waals surface area contributed by atoms with E-state index in [0.717, 1.165) is 16.7 Å². The number of fused-ring (bicyclic) bond motifs is 1. The summed E-state index contributed by atoms with van der Waals surface area (Å²) in [6.45, 7) is 5.07. The Kier molecular flexibility index (Phi) is 5.38. The van der Waals surface area contributed by atoms with Gasteiger partial charge in [0.05, 0.1) is 11.3 Å². The topological polar surface area (TPSA) is 89.0 Å². The van der Waals surface area contributed by atoms with Gasteiger partial charge in [0.15, 0.2) is 0 Å². The lowest BCUT2D eigenvalue weighted by atomic mass is 9.61. The molecule has 1 aliphatic carbocycles. The fourth-order valence-corrected chi connectivity index (χ4v) is 5.11. The number of rotatable bonds is 3. The summed E-state index contributed by atoms with van der Waals surface area (Å²) >= 11 is 0. The first kappa shape index (κ1) is 22.1. The van der Waals surface area contributed by atoms with Crippen LogP contribution in [0.4, 0.5) is 8.78 Å². The minimum absolute atomic E-state index is 0.536. The third kappa shape index (κ3) is 3.49. The molecule has 2 heterocycles. The minimum atomic E-state index is -3.08. The highest BCUT2D eigenvalue weighted by atomic mass is 19.3. The van der Waals surface area contributed by atoms with Crippen LogP contribution in [0.5, 0.6) is 0 Å². The van der Waals surface area contributed by atoms with Crippen molar-refractivity contribution in [2.45, 2.75) is 44.8 Å². The first-order chi connectivity index (χ1) is 15.1. The molecule has 0 amide bonds. The summed E-state index contributed by atoms with van der Waals surface area (Å²) in [5.74, 6) is -6.02. The van der Waals surface area contributed by atoms with E-state index < -0.39 is 47.7 Å². The van der Waals surface area contributed by atoms with Crippen molar-refractivity contribution in [3.8, 4) is 17.2 Å². The van der Waals surface area contributed by atoms with Gasteiger partial charge in [-0.3, -0.25) is 9.78 Å². The molecule has 32 heavy (non-hydrogen) atoms. The van der Waals surface area contributed by atoms with Crippen LogP contribution in [0.1, 0.15) is 37.1 Å². The number of alkyl halides is 2. The predicted octanol–water partition coefficient (Wildman–Crippen LogP) is 4.49. The number of nitrogens with two attached hydrogens (primary N) is 1. The van der Waals surface area contributed by atoms with Crippen LogP contribution in [0.15, 0.2) is 42.6 Å². The molecule has 2 fully saturated rings. The number of nitrogens with zero attached hydrogens (tertiary/aromatic N) is 2. The molecule has 0 spiro atoms. The van der Waals surface area contributed by atoms with Gasteiger partial charge in [-0.2, -0.15) is 5.26 Å². The van der Waals surface area contributed by atoms with Gasteiger partial charge in [-0.15, -0.1) is 0 Å². The number of halogens is 2. The Morgan fingerprint density at radius 3 is 2.69 bits per heavy atom. The van der Waals surface area contributed by atoms with Crippen molar-refractivity contribution in [3.05, 3.63) is 59.4 Å². The summed E-state index contributed by atoms with van der Waals surface area (Å²) in [4.78, 5) is 16.7. The van der Waals surface area contributed by atoms with Crippen LogP contribution in [-0.4, -0.2) is 28.5 Å². The Hall–Kier alpha value is -3.11. The second-order valence-electron chi connectivity index (χ2n) is 8.92. The van der Waals surface area contributed by atoms with Crippen molar-refractivity contribution in [1.29, 1.82) is 5.26 Å². The van der Waals surface area contributed by atoms with E-state index in [-0.39, 0.29) is 0 Å². The number of carbonyl (C=O) groups is 1. The van der Waals surface area contributed by atoms with Crippen LogP contribution in [-0.2, 0) is 9.53 Å². The summed E-state index contributed by atoms with van der Waals surface area (Å²) in [5.41, 5.74) is 8.14. The lowest BCUT2D eigenvalue weighted by molar-refractivity contribution is -0.155. The molecule has 2 aliphatic rings. The van der Waals surface area contributed by atoms with Crippen molar-refractivity contribution in [1.82, 2.24) is 4.98 Å². The molecular weight excluding hydrogens is 412 g/mol. The lowest BCUT2D eigenvalue weighted by Crippen LogP contribution is -2.62. The van der Waals surface area contributed by atoms with Crippen molar-refractivity contribution >= 4 is 12.0 Å². The Bertz CT molecular complexity index is 1120. The monoisotopic (exact) mass is 437 g/mol. The maximum atomic E-state index is 14.7. The van der Waals surface area contributed by atoms with Gasteiger partial charge in [-0.1, -0.05) is 37.3 Å². The zero-order valence-electron chi connectivity index (χ0n) is 18.2. The molecule has 1 aliphatic heterocycles. The van der Waals surface area contributed by atoms with Gasteiger partial charge in [0.1, 0.15) is 17.7 Å². The van der Waals surface area contributed by atoms with E-state index >= 15 is 0 Å². The normalized spacial score (nSPS) is 31.2. The number of cyclic esters (lactones) is 1. The summed E-state index contributed by atoms with van der Waals surface area (Å²) in [6, 6.07) is 11.5. The van der Waals surface area contributed by atoms with Crippen molar-refractivity contribution in [2.24, 2.45) is 23.5 Å². The van der Waals surface area contributed by atoms with Gasteiger partial charge >= 0.3 is 5.97 Å². The number of pyridine rings is 1. The standard InChI is InChI=1S/C25H25F2N3O2/c1-14-5-4-6-20(21(14)11-28)17-7-8-18(30-12-17)9-10-19-15(2)25(26,27)13-24(29)22(19)16(3)32-23(24)31/h4-10,12,15-16,19,22H,13,29H2,1-3H3/t15-,16+,19-,22-,24-/m0/s1. The first-order valence-electron chi connectivity index (χ1n) is 10.6. The van der Waals surface area contributed by atoms with E-state index in [1.807, 2.05) is 31.2 Å². The highest BCUT2D eigenvalue weighted by Gasteiger charge is 2.66. The Morgan fingerprint density at radius 1 is 1.28 bits per heavy atom. The Balaban J connectivity index is 1.63. The van der Waals surface area contributed by atoms with Crippen molar-refractivity contribution < 1.29 is 18.3 Å². The van der Waals surface area contributed by atoms with Crippen molar-refractivity contribution in [2.75, 3.05) is 0 Å². The number of esters is 1. The SMILES string of the molecule is Cc1cccc(-c2ccc(C=C[C@@H]3[C@@H]4[C@@H](C)OC(=O)[C@]4(N)CC(F)(F)[C@H]3C)nc2)c1C#N. The molecule has 2 N–H and O–H groups in total. The fourth-order valence-electron chi connectivity index (χ4n) is 5.11. The zero-order chi connectivity index (χ0) is 23.3. The molecule has 1 saturated heterocycles.